The summed E-state index contributed by atoms with van der Waals surface area (Å²) >= 11 is 0. The second kappa shape index (κ2) is 6.00. The van der Waals surface area contributed by atoms with Crippen LogP contribution in [0.2, 0.25) is 0 Å². The molecule has 6 heteroatoms. The molecule has 0 bridgehead atoms. The fourth-order valence-corrected chi connectivity index (χ4v) is 2.26. The van der Waals surface area contributed by atoms with Crippen molar-refractivity contribution in [3.63, 3.8) is 0 Å². The van der Waals surface area contributed by atoms with Crippen molar-refractivity contribution < 1.29 is 9.53 Å². The van der Waals surface area contributed by atoms with Gasteiger partial charge in [0.25, 0.3) is 5.91 Å². The number of nitrogens with zero attached hydrogens (tertiary/aromatic N) is 3. The van der Waals surface area contributed by atoms with Gasteiger partial charge >= 0.3 is 0 Å². The number of amides is 1. The highest BCUT2D eigenvalue weighted by atomic mass is 16.5. The maximum Gasteiger partial charge on any atom is 0.252 e. The van der Waals surface area contributed by atoms with E-state index in [1.165, 1.54) is 0 Å². The van der Waals surface area contributed by atoms with Gasteiger partial charge in [-0.1, -0.05) is 0 Å². The molecule has 0 radical (unpaired) electrons. The van der Waals surface area contributed by atoms with Crippen LogP contribution in [0, 0.1) is 13.8 Å². The first-order valence-corrected chi connectivity index (χ1v) is 6.62. The number of pyridine rings is 1. The second-order valence-electron chi connectivity index (χ2n) is 4.82. The average Bonchev–Trinajstić information content (AvgIpc) is 2.69. The van der Waals surface area contributed by atoms with E-state index < -0.39 is 0 Å². The fourth-order valence-electron chi connectivity index (χ4n) is 2.26. The molecule has 2 rings (SSSR count). The Morgan fingerprint density at radius 3 is 2.90 bits per heavy atom. The third kappa shape index (κ3) is 2.80. The molecule has 0 atom stereocenters. The molecule has 20 heavy (non-hydrogen) atoms. The zero-order chi connectivity index (χ0) is 14.7. The highest BCUT2D eigenvalue weighted by molar-refractivity contribution is 6.06. The minimum atomic E-state index is -0.0901. The normalized spacial score (nSPS) is 11.0. The molecular formula is C14H20N4O2. The Morgan fingerprint density at radius 2 is 2.20 bits per heavy atom. The van der Waals surface area contributed by atoms with Gasteiger partial charge in [-0.05, 0) is 26.3 Å². The number of rotatable bonds is 5. The Balaban J connectivity index is 2.31. The largest absolute Gasteiger partial charge is 0.385 e. The fraction of sp³-hybridized carbons (Fsp3) is 0.500. The zero-order valence-electron chi connectivity index (χ0n) is 12.4. The number of nitrogens with one attached hydrogen (secondary N) is 1. The number of carbonyl (C=O) groups is 1. The van der Waals surface area contributed by atoms with Crippen molar-refractivity contribution in [2.45, 2.75) is 20.3 Å². The van der Waals surface area contributed by atoms with Gasteiger partial charge < -0.3 is 10.1 Å². The Morgan fingerprint density at radius 1 is 1.45 bits per heavy atom. The Kier molecular flexibility index (Phi) is 4.34. The summed E-state index contributed by atoms with van der Waals surface area (Å²) < 4.78 is 6.67. The quantitative estimate of drug-likeness (QED) is 0.837. The molecule has 0 fully saturated rings. The molecule has 2 aromatic rings. The summed E-state index contributed by atoms with van der Waals surface area (Å²) in [6, 6.07) is 1.81. The molecule has 0 aliphatic heterocycles. The van der Waals surface area contributed by atoms with Crippen molar-refractivity contribution in [2.24, 2.45) is 7.05 Å². The van der Waals surface area contributed by atoms with Gasteiger partial charge in [-0.15, -0.1) is 0 Å². The van der Waals surface area contributed by atoms with Crippen molar-refractivity contribution in [1.82, 2.24) is 20.1 Å². The monoisotopic (exact) mass is 276 g/mol. The third-order valence-corrected chi connectivity index (χ3v) is 3.15. The van der Waals surface area contributed by atoms with Crippen LogP contribution in [-0.2, 0) is 11.8 Å². The van der Waals surface area contributed by atoms with Crippen molar-refractivity contribution >= 4 is 16.9 Å². The van der Waals surface area contributed by atoms with E-state index in [4.69, 9.17) is 4.74 Å². The van der Waals surface area contributed by atoms with Crippen LogP contribution in [0.15, 0.2) is 6.07 Å². The van der Waals surface area contributed by atoms with Gasteiger partial charge in [0, 0.05) is 33.0 Å². The lowest BCUT2D eigenvalue weighted by atomic mass is 10.1. The average molecular weight is 276 g/mol. The van der Waals surface area contributed by atoms with Gasteiger partial charge in [0.1, 0.15) is 0 Å². The Hall–Kier alpha value is -1.95. The molecule has 0 saturated heterocycles. The van der Waals surface area contributed by atoms with E-state index in [1.807, 2.05) is 27.0 Å². The van der Waals surface area contributed by atoms with E-state index in [-0.39, 0.29) is 5.91 Å². The van der Waals surface area contributed by atoms with Crippen LogP contribution in [0.1, 0.15) is 28.2 Å². The molecular weight excluding hydrogens is 256 g/mol. The van der Waals surface area contributed by atoms with Crippen LogP contribution in [0.5, 0.6) is 0 Å². The van der Waals surface area contributed by atoms with E-state index in [1.54, 1.807) is 11.8 Å². The predicted octanol–water partition coefficient (Wildman–Crippen LogP) is 1.35. The van der Waals surface area contributed by atoms with Gasteiger partial charge in [0.15, 0.2) is 5.65 Å². The standard InChI is InChI=1S/C14H20N4O2/c1-9-8-11(14(19)15-6-5-7-20-4)12-10(2)17-18(3)13(12)16-9/h8H,5-7H2,1-4H3,(H,15,19). The van der Waals surface area contributed by atoms with Gasteiger partial charge in [-0.25, -0.2) is 4.98 Å². The number of hydrogen-bond acceptors (Lipinski definition) is 4. The van der Waals surface area contributed by atoms with Crippen molar-refractivity contribution in [2.75, 3.05) is 20.3 Å². The SMILES string of the molecule is COCCCNC(=O)c1cc(C)nc2c1c(C)nn2C. The summed E-state index contributed by atoms with van der Waals surface area (Å²) in [6.07, 6.45) is 0.793. The van der Waals surface area contributed by atoms with Crippen LogP contribution in [0.4, 0.5) is 0 Å². The number of methoxy groups -OCH3 is 1. The Labute approximate surface area is 118 Å². The summed E-state index contributed by atoms with van der Waals surface area (Å²) in [6.45, 7) is 5.00. The molecule has 108 valence electrons. The number of carbonyl (C=O) groups excluding carboxylic acids is 1. The van der Waals surface area contributed by atoms with Gasteiger partial charge in [0.05, 0.1) is 16.6 Å². The number of ether oxygens (including phenoxy) is 1. The molecule has 0 spiro atoms. The van der Waals surface area contributed by atoms with E-state index in [0.29, 0.717) is 18.7 Å². The summed E-state index contributed by atoms with van der Waals surface area (Å²) in [4.78, 5) is 16.8. The molecule has 2 heterocycles. The highest BCUT2D eigenvalue weighted by Crippen LogP contribution is 2.21. The van der Waals surface area contributed by atoms with Crippen LogP contribution in [0.3, 0.4) is 0 Å². The first kappa shape index (κ1) is 14.5. The molecule has 0 saturated carbocycles. The third-order valence-electron chi connectivity index (χ3n) is 3.15. The van der Waals surface area contributed by atoms with Gasteiger partial charge in [0.2, 0.25) is 0 Å². The summed E-state index contributed by atoms with van der Waals surface area (Å²) in [5.74, 6) is -0.0901. The lowest BCUT2D eigenvalue weighted by molar-refractivity contribution is 0.0950. The molecule has 2 aromatic heterocycles. The van der Waals surface area contributed by atoms with Crippen molar-refractivity contribution in [3.05, 3.63) is 23.0 Å². The van der Waals surface area contributed by atoms with E-state index >= 15 is 0 Å². The van der Waals surface area contributed by atoms with Crippen LogP contribution >= 0.6 is 0 Å². The molecule has 6 nitrogen and oxygen atoms in total. The number of fused-ring (bicyclic) bond motifs is 1. The predicted molar refractivity (Wildman–Crippen MR) is 76.8 cm³/mol. The topological polar surface area (TPSA) is 69.0 Å². The number of aromatic nitrogens is 3. The molecule has 0 aliphatic carbocycles. The van der Waals surface area contributed by atoms with Gasteiger partial charge in [-0.2, -0.15) is 5.10 Å². The molecule has 0 aromatic carbocycles. The summed E-state index contributed by atoms with van der Waals surface area (Å²) in [5, 5.41) is 8.07. The first-order chi connectivity index (χ1) is 9.54. The van der Waals surface area contributed by atoms with Crippen LogP contribution < -0.4 is 5.32 Å². The van der Waals surface area contributed by atoms with Crippen LogP contribution in [-0.4, -0.2) is 40.9 Å². The van der Waals surface area contributed by atoms with E-state index in [2.05, 4.69) is 15.4 Å². The smallest absolute Gasteiger partial charge is 0.252 e. The van der Waals surface area contributed by atoms with Crippen molar-refractivity contribution in [1.29, 1.82) is 0 Å². The zero-order valence-corrected chi connectivity index (χ0v) is 12.4. The Bertz CT molecular complexity index is 634. The van der Waals surface area contributed by atoms with E-state index in [0.717, 1.165) is 28.8 Å². The number of hydrogen-bond donors (Lipinski definition) is 1. The molecule has 0 aliphatic rings. The molecule has 1 N–H and O–H groups in total. The maximum absolute atomic E-state index is 12.3. The minimum Gasteiger partial charge on any atom is -0.385 e. The molecule has 0 unspecified atom stereocenters. The van der Waals surface area contributed by atoms with Crippen molar-refractivity contribution in [3.8, 4) is 0 Å². The molecule has 1 amide bonds. The van der Waals surface area contributed by atoms with E-state index in [9.17, 15) is 4.79 Å². The lowest BCUT2D eigenvalue weighted by Gasteiger charge is -2.07. The highest BCUT2D eigenvalue weighted by Gasteiger charge is 2.17. The first-order valence-electron chi connectivity index (χ1n) is 6.62. The lowest BCUT2D eigenvalue weighted by Crippen LogP contribution is -2.25. The second-order valence-corrected chi connectivity index (χ2v) is 4.82. The van der Waals surface area contributed by atoms with Crippen LogP contribution in [0.25, 0.3) is 11.0 Å². The maximum atomic E-state index is 12.3. The summed E-state index contributed by atoms with van der Waals surface area (Å²) in [7, 11) is 3.48. The summed E-state index contributed by atoms with van der Waals surface area (Å²) in [5.41, 5.74) is 3.00. The minimum absolute atomic E-state index is 0.0901. The number of aryl methyl sites for hydroxylation is 3. The van der Waals surface area contributed by atoms with Gasteiger partial charge in [-0.3, -0.25) is 9.48 Å².